The number of carbonyl (C=O) groups is 2. The van der Waals surface area contributed by atoms with Gasteiger partial charge in [0, 0.05) is 0 Å². The largest absolute Gasteiger partial charge is 0.392 e. The summed E-state index contributed by atoms with van der Waals surface area (Å²) in [5.74, 6) is -0.271. The van der Waals surface area contributed by atoms with Gasteiger partial charge in [-0.2, -0.15) is 0 Å². The van der Waals surface area contributed by atoms with Gasteiger partial charge in [0.1, 0.15) is 0 Å². The monoisotopic (exact) mass is 773 g/mol. The van der Waals surface area contributed by atoms with Gasteiger partial charge in [-0.3, -0.25) is 9.59 Å². The molecule has 0 aliphatic carbocycles. The summed E-state index contributed by atoms with van der Waals surface area (Å²) in [5.41, 5.74) is -1.22. The molecule has 0 spiro atoms. The molecule has 55 heavy (non-hydrogen) atoms. The van der Waals surface area contributed by atoms with Crippen LogP contribution in [0.3, 0.4) is 0 Å². The highest BCUT2D eigenvalue weighted by Gasteiger charge is 2.66. The first kappa shape index (κ1) is 52.2. The van der Waals surface area contributed by atoms with Gasteiger partial charge < -0.3 is 4.74 Å². The Morgan fingerprint density at radius 3 is 0.564 bits per heavy atom. The summed E-state index contributed by atoms with van der Waals surface area (Å²) >= 11 is 0. The quantitative estimate of drug-likeness (QED) is 0.0352. The molecule has 0 amide bonds. The maximum absolute atomic E-state index is 14.2. The van der Waals surface area contributed by atoms with E-state index in [-0.39, 0.29) is 11.9 Å². The van der Waals surface area contributed by atoms with Crippen LogP contribution in [-0.4, -0.2) is 11.9 Å². The van der Waals surface area contributed by atoms with Crippen molar-refractivity contribution in [1.82, 2.24) is 0 Å². The van der Waals surface area contributed by atoms with Crippen molar-refractivity contribution >= 4 is 11.9 Å². The molecule has 3 heteroatoms. The van der Waals surface area contributed by atoms with Crippen LogP contribution >= 0.6 is 0 Å². The van der Waals surface area contributed by atoms with Crippen molar-refractivity contribution in [3.63, 3.8) is 0 Å². The molecule has 1 aliphatic rings. The number of unbranched alkanes of at least 4 members (excludes halogenated alkanes) is 36. The van der Waals surface area contributed by atoms with E-state index in [2.05, 4.69) is 27.7 Å². The Kier molecular flexibility index (Phi) is 35.5. The van der Waals surface area contributed by atoms with Crippen LogP contribution in [0.2, 0.25) is 0 Å². The predicted molar refractivity (Wildman–Crippen MR) is 242 cm³/mol. The Balaban J connectivity index is 2.96. The van der Waals surface area contributed by atoms with Gasteiger partial charge >= 0.3 is 11.9 Å². The third-order valence-electron chi connectivity index (χ3n) is 13.7. The van der Waals surface area contributed by atoms with Crippen LogP contribution in [0.1, 0.15) is 310 Å². The van der Waals surface area contributed by atoms with Crippen LogP contribution < -0.4 is 0 Å². The van der Waals surface area contributed by atoms with Crippen LogP contribution in [0, 0.1) is 10.8 Å². The molecule has 0 bridgehead atoms. The van der Waals surface area contributed by atoms with Crippen LogP contribution in [0.4, 0.5) is 0 Å². The molecule has 0 unspecified atom stereocenters. The van der Waals surface area contributed by atoms with Crippen LogP contribution in [0.5, 0.6) is 0 Å². The molecule has 0 radical (unpaired) electrons. The zero-order valence-electron chi connectivity index (χ0n) is 38.3. The van der Waals surface area contributed by atoms with Crippen LogP contribution in [0.25, 0.3) is 0 Å². The maximum atomic E-state index is 14.2. The number of carbonyl (C=O) groups excluding carboxylic acids is 2. The van der Waals surface area contributed by atoms with Gasteiger partial charge in [0.05, 0.1) is 10.8 Å². The summed E-state index contributed by atoms with van der Waals surface area (Å²) in [5, 5.41) is 0. The highest BCUT2D eigenvalue weighted by atomic mass is 16.6. The zero-order valence-corrected chi connectivity index (χ0v) is 38.3. The Morgan fingerprint density at radius 2 is 0.400 bits per heavy atom. The number of hydrogen-bond acceptors (Lipinski definition) is 3. The van der Waals surface area contributed by atoms with Crippen LogP contribution in [0.15, 0.2) is 0 Å². The van der Waals surface area contributed by atoms with Gasteiger partial charge in [0.2, 0.25) is 0 Å². The van der Waals surface area contributed by atoms with E-state index in [1.165, 1.54) is 231 Å². The second-order valence-electron chi connectivity index (χ2n) is 18.6. The van der Waals surface area contributed by atoms with E-state index in [1.807, 2.05) is 0 Å². The zero-order chi connectivity index (χ0) is 40.0. The smallest absolute Gasteiger partial charge is 0.320 e. The maximum Gasteiger partial charge on any atom is 0.320 e. The first-order valence-electron chi connectivity index (χ1n) is 25.8. The Morgan fingerprint density at radius 1 is 0.255 bits per heavy atom. The third kappa shape index (κ3) is 24.0. The highest BCUT2D eigenvalue weighted by molar-refractivity contribution is 6.01. The molecule has 0 aromatic rings. The molecule has 0 saturated carbocycles. The lowest BCUT2D eigenvalue weighted by atomic mass is 9.56. The fourth-order valence-corrected chi connectivity index (χ4v) is 9.94. The van der Waals surface area contributed by atoms with Crippen LogP contribution in [-0.2, 0) is 14.3 Å². The lowest BCUT2D eigenvalue weighted by molar-refractivity contribution is -0.156. The minimum absolute atomic E-state index is 0.136. The first-order valence-corrected chi connectivity index (χ1v) is 25.8. The van der Waals surface area contributed by atoms with Gasteiger partial charge in [0.25, 0.3) is 0 Å². The lowest BCUT2D eigenvalue weighted by Crippen LogP contribution is -2.45. The Labute approximate surface area is 346 Å². The first-order chi connectivity index (χ1) is 27.0. The van der Waals surface area contributed by atoms with Gasteiger partial charge in [-0.15, -0.1) is 0 Å². The van der Waals surface area contributed by atoms with Crippen molar-refractivity contribution in [2.75, 3.05) is 0 Å². The van der Waals surface area contributed by atoms with E-state index in [1.54, 1.807) is 0 Å². The molecule has 0 aromatic heterocycles. The molecule has 3 nitrogen and oxygen atoms in total. The minimum Gasteiger partial charge on any atom is -0.392 e. The van der Waals surface area contributed by atoms with Crippen molar-refractivity contribution in [1.29, 1.82) is 0 Å². The molecule has 0 aromatic carbocycles. The van der Waals surface area contributed by atoms with Gasteiger partial charge in [-0.25, -0.2) is 0 Å². The number of cyclic esters (lactones) is 2. The van der Waals surface area contributed by atoms with E-state index in [4.69, 9.17) is 4.74 Å². The highest BCUT2D eigenvalue weighted by Crippen LogP contribution is 2.59. The van der Waals surface area contributed by atoms with E-state index in [0.29, 0.717) is 0 Å². The number of rotatable bonds is 44. The second-order valence-corrected chi connectivity index (χ2v) is 18.6. The van der Waals surface area contributed by atoms with Crippen molar-refractivity contribution in [3.8, 4) is 0 Å². The van der Waals surface area contributed by atoms with E-state index >= 15 is 0 Å². The summed E-state index contributed by atoms with van der Waals surface area (Å²) < 4.78 is 5.88. The standard InChI is InChI=1S/C52H100O3/c1-5-9-13-17-21-25-29-33-37-41-45-51(46-42-38-34-30-26-22-18-14-10-6-2)49(53)55-50(54)52(51,47-43-39-35-31-27-23-19-15-11-7-3)48-44-40-36-32-28-24-20-16-12-8-4/h5-48H2,1-4H3. The molecule has 1 saturated heterocycles. The Bertz CT molecular complexity index is 732. The number of hydrogen-bond donors (Lipinski definition) is 0. The molecular weight excluding hydrogens is 673 g/mol. The molecule has 0 N–H and O–H groups in total. The lowest BCUT2D eigenvalue weighted by Gasteiger charge is -2.41. The number of esters is 2. The van der Waals surface area contributed by atoms with Gasteiger partial charge in [-0.05, 0) is 25.7 Å². The molecule has 1 aliphatic heterocycles. The predicted octanol–water partition coefficient (Wildman–Crippen LogP) is 18.3. The van der Waals surface area contributed by atoms with Gasteiger partial charge in [-0.1, -0.05) is 285 Å². The number of ether oxygens (including phenoxy) is 1. The molecule has 1 fully saturated rings. The fraction of sp³-hybridized carbons (Fsp3) is 0.962. The molecular formula is C52H100O3. The van der Waals surface area contributed by atoms with Crippen molar-refractivity contribution in [2.24, 2.45) is 10.8 Å². The van der Waals surface area contributed by atoms with Gasteiger partial charge in [0.15, 0.2) is 0 Å². The topological polar surface area (TPSA) is 43.4 Å². The third-order valence-corrected chi connectivity index (χ3v) is 13.7. The average molecular weight is 773 g/mol. The van der Waals surface area contributed by atoms with E-state index in [0.717, 1.165) is 51.4 Å². The summed E-state index contributed by atoms with van der Waals surface area (Å²) in [7, 11) is 0. The molecule has 1 heterocycles. The van der Waals surface area contributed by atoms with E-state index < -0.39 is 10.8 Å². The Hall–Kier alpha value is -0.860. The molecule has 1 rings (SSSR count). The van der Waals surface area contributed by atoms with E-state index in [9.17, 15) is 9.59 Å². The summed E-state index contributed by atoms with van der Waals surface area (Å²) in [6.07, 6.45) is 55.3. The van der Waals surface area contributed by atoms with Crippen molar-refractivity contribution in [2.45, 2.75) is 310 Å². The summed E-state index contributed by atoms with van der Waals surface area (Å²) in [4.78, 5) is 28.5. The normalized spacial score (nSPS) is 15.0. The summed E-state index contributed by atoms with van der Waals surface area (Å²) in [6.45, 7) is 9.17. The van der Waals surface area contributed by atoms with Crippen molar-refractivity contribution < 1.29 is 14.3 Å². The second kappa shape index (κ2) is 37.4. The molecule has 0 atom stereocenters. The van der Waals surface area contributed by atoms with Crippen molar-refractivity contribution in [3.05, 3.63) is 0 Å². The SMILES string of the molecule is CCCCCCCCCCCCC1(CCCCCCCCCCCC)C(=O)OC(=O)C1(CCCCCCCCCCCC)CCCCCCCCCCCC. The summed E-state index contributed by atoms with van der Waals surface area (Å²) in [6, 6.07) is 0. The minimum atomic E-state index is -0.608. The molecule has 326 valence electrons. The fourth-order valence-electron chi connectivity index (χ4n) is 9.94. The average Bonchev–Trinajstić information content (AvgIpc) is 3.38.